The van der Waals surface area contributed by atoms with Gasteiger partial charge in [-0.25, -0.2) is 4.39 Å². The predicted octanol–water partition coefficient (Wildman–Crippen LogP) is 2.38. The van der Waals surface area contributed by atoms with Crippen LogP contribution in [0.1, 0.15) is 16.8 Å². The Labute approximate surface area is 150 Å². The zero-order valence-electron chi connectivity index (χ0n) is 14.5. The van der Waals surface area contributed by atoms with Crippen molar-refractivity contribution in [3.05, 3.63) is 53.8 Å². The van der Waals surface area contributed by atoms with Crippen LogP contribution in [0.4, 0.5) is 10.1 Å². The molecule has 0 unspecified atom stereocenters. The number of benzene rings is 2. The number of anilines is 1. The molecule has 2 amide bonds. The summed E-state index contributed by atoms with van der Waals surface area (Å²) in [5.74, 6) is 0.207. The molecule has 1 fully saturated rings. The molecule has 3 rings (SSSR count). The molecule has 1 saturated heterocycles. The van der Waals surface area contributed by atoms with E-state index in [0.29, 0.717) is 29.3 Å². The van der Waals surface area contributed by atoms with Crippen molar-refractivity contribution in [1.29, 1.82) is 0 Å². The maximum absolute atomic E-state index is 13.0. The van der Waals surface area contributed by atoms with E-state index in [1.807, 2.05) is 0 Å². The van der Waals surface area contributed by atoms with Gasteiger partial charge in [-0.3, -0.25) is 9.59 Å². The second-order valence-electron chi connectivity index (χ2n) is 5.96. The normalized spacial score (nSPS) is 16.5. The molecule has 0 spiro atoms. The summed E-state index contributed by atoms with van der Waals surface area (Å²) in [6.45, 7) is 0.331. The van der Waals surface area contributed by atoms with E-state index >= 15 is 0 Å². The fraction of sp³-hybridized carbons (Fsp3) is 0.263. The minimum Gasteiger partial charge on any atom is -0.497 e. The molecule has 1 heterocycles. The molecule has 1 aliphatic rings. The first-order valence-corrected chi connectivity index (χ1v) is 8.10. The second-order valence-corrected chi connectivity index (χ2v) is 5.96. The van der Waals surface area contributed by atoms with Gasteiger partial charge < -0.3 is 19.7 Å². The van der Waals surface area contributed by atoms with Crippen molar-refractivity contribution in [2.24, 2.45) is 0 Å². The van der Waals surface area contributed by atoms with Gasteiger partial charge in [-0.1, -0.05) is 0 Å². The molecule has 2 aromatic rings. The Kier molecular flexibility index (Phi) is 5.06. The summed E-state index contributed by atoms with van der Waals surface area (Å²) in [5, 5.41) is 2.85. The molecule has 1 atom stereocenters. The van der Waals surface area contributed by atoms with E-state index in [1.54, 1.807) is 30.3 Å². The van der Waals surface area contributed by atoms with Gasteiger partial charge in [0.25, 0.3) is 5.91 Å². The van der Waals surface area contributed by atoms with E-state index in [0.717, 1.165) is 0 Å². The Bertz CT molecular complexity index is 801. The number of halogens is 1. The fourth-order valence-corrected chi connectivity index (χ4v) is 2.88. The summed E-state index contributed by atoms with van der Waals surface area (Å²) in [6.07, 6.45) is 0.185. The maximum atomic E-state index is 13.0. The number of hydrogen-bond donors (Lipinski definition) is 1. The number of methoxy groups -OCH3 is 2. The molecule has 26 heavy (non-hydrogen) atoms. The number of nitrogens with one attached hydrogen (secondary N) is 1. The average molecular weight is 358 g/mol. The van der Waals surface area contributed by atoms with Crippen molar-refractivity contribution in [2.45, 2.75) is 12.5 Å². The van der Waals surface area contributed by atoms with Gasteiger partial charge in [-0.05, 0) is 36.4 Å². The quantitative estimate of drug-likeness (QED) is 0.891. The number of carbonyl (C=O) groups excluding carboxylic acids is 2. The van der Waals surface area contributed by atoms with Gasteiger partial charge in [0.15, 0.2) is 0 Å². The molecule has 0 aromatic heterocycles. The van der Waals surface area contributed by atoms with E-state index in [2.05, 4.69) is 5.32 Å². The molecule has 1 aliphatic heterocycles. The molecule has 0 bridgehead atoms. The smallest absolute Gasteiger partial charge is 0.251 e. The van der Waals surface area contributed by atoms with E-state index in [-0.39, 0.29) is 30.1 Å². The van der Waals surface area contributed by atoms with Crippen LogP contribution in [-0.4, -0.2) is 38.6 Å². The summed E-state index contributed by atoms with van der Waals surface area (Å²) in [7, 11) is 3.01. The summed E-state index contributed by atoms with van der Waals surface area (Å²) in [6, 6.07) is 10.2. The zero-order valence-corrected chi connectivity index (χ0v) is 14.5. The Morgan fingerprint density at radius 2 is 1.73 bits per heavy atom. The third-order valence-electron chi connectivity index (χ3n) is 4.21. The minimum absolute atomic E-state index is 0.120. The van der Waals surface area contributed by atoms with Crippen molar-refractivity contribution in [2.75, 3.05) is 25.7 Å². The van der Waals surface area contributed by atoms with E-state index in [4.69, 9.17) is 9.47 Å². The summed E-state index contributed by atoms with van der Waals surface area (Å²) in [4.78, 5) is 26.3. The van der Waals surface area contributed by atoms with Crippen LogP contribution in [0, 0.1) is 5.82 Å². The first-order chi connectivity index (χ1) is 12.5. The fourth-order valence-electron chi connectivity index (χ4n) is 2.88. The predicted molar refractivity (Wildman–Crippen MR) is 94.2 cm³/mol. The molecule has 2 aromatic carbocycles. The van der Waals surface area contributed by atoms with Gasteiger partial charge in [-0.15, -0.1) is 0 Å². The molecule has 1 N–H and O–H groups in total. The maximum Gasteiger partial charge on any atom is 0.251 e. The first kappa shape index (κ1) is 17.7. The van der Waals surface area contributed by atoms with Crippen molar-refractivity contribution >= 4 is 17.5 Å². The Morgan fingerprint density at radius 1 is 1.12 bits per heavy atom. The minimum atomic E-state index is -0.364. The van der Waals surface area contributed by atoms with Crippen LogP contribution < -0.4 is 19.7 Å². The molecule has 0 aliphatic carbocycles. The summed E-state index contributed by atoms with van der Waals surface area (Å²) in [5.41, 5.74) is 0.991. The number of ether oxygens (including phenoxy) is 2. The topological polar surface area (TPSA) is 67.9 Å². The summed E-state index contributed by atoms with van der Waals surface area (Å²) >= 11 is 0. The number of amides is 2. The van der Waals surface area contributed by atoms with Gasteiger partial charge in [-0.2, -0.15) is 0 Å². The number of nitrogens with zero attached hydrogens (tertiary/aromatic N) is 1. The lowest BCUT2D eigenvalue weighted by atomic mass is 10.1. The SMILES string of the molecule is COc1cc(OC)cc(C(=O)N[C@@H]2CC(=O)N(c3ccc(F)cc3)C2)c1. The first-order valence-electron chi connectivity index (χ1n) is 8.10. The number of rotatable bonds is 5. The standard InChI is InChI=1S/C19H19FN2O4/c1-25-16-7-12(8-17(10-16)26-2)19(24)21-14-9-18(23)22(11-14)15-5-3-13(20)4-6-15/h3-8,10,14H,9,11H2,1-2H3,(H,21,24)/t14-/m1/s1. The van der Waals surface area contributed by atoms with Gasteiger partial charge in [0.05, 0.1) is 20.3 Å². The number of hydrogen-bond acceptors (Lipinski definition) is 4. The van der Waals surface area contributed by atoms with Crippen molar-refractivity contribution in [3.63, 3.8) is 0 Å². The van der Waals surface area contributed by atoms with Crippen molar-refractivity contribution < 1.29 is 23.5 Å². The molecule has 6 nitrogen and oxygen atoms in total. The highest BCUT2D eigenvalue weighted by atomic mass is 19.1. The molecule has 0 saturated carbocycles. The monoisotopic (exact) mass is 358 g/mol. The zero-order chi connectivity index (χ0) is 18.7. The molecular formula is C19H19FN2O4. The van der Waals surface area contributed by atoms with Crippen LogP contribution in [0.3, 0.4) is 0 Å². The molecular weight excluding hydrogens is 339 g/mol. The molecule has 0 radical (unpaired) electrons. The Balaban J connectivity index is 1.71. The lowest BCUT2D eigenvalue weighted by Gasteiger charge is -2.17. The van der Waals surface area contributed by atoms with Crippen LogP contribution in [0.5, 0.6) is 11.5 Å². The molecule has 7 heteroatoms. The molecule has 136 valence electrons. The summed E-state index contributed by atoms with van der Waals surface area (Å²) < 4.78 is 23.4. The van der Waals surface area contributed by atoms with E-state index in [1.165, 1.54) is 31.3 Å². The third-order valence-corrected chi connectivity index (χ3v) is 4.21. The third kappa shape index (κ3) is 3.77. The van der Waals surface area contributed by atoms with Crippen molar-refractivity contribution in [3.8, 4) is 11.5 Å². The largest absolute Gasteiger partial charge is 0.497 e. The van der Waals surface area contributed by atoms with Crippen LogP contribution in [-0.2, 0) is 4.79 Å². The van der Waals surface area contributed by atoms with Crippen LogP contribution >= 0.6 is 0 Å². The van der Waals surface area contributed by atoms with Gasteiger partial charge in [0, 0.05) is 30.3 Å². The highest BCUT2D eigenvalue weighted by Gasteiger charge is 2.31. The second kappa shape index (κ2) is 7.43. The number of carbonyl (C=O) groups is 2. The van der Waals surface area contributed by atoms with E-state index < -0.39 is 0 Å². The lowest BCUT2D eigenvalue weighted by molar-refractivity contribution is -0.117. The van der Waals surface area contributed by atoms with Gasteiger partial charge in [0.1, 0.15) is 17.3 Å². The van der Waals surface area contributed by atoms with Gasteiger partial charge in [0.2, 0.25) is 5.91 Å². The van der Waals surface area contributed by atoms with Crippen molar-refractivity contribution in [1.82, 2.24) is 5.32 Å². The Morgan fingerprint density at radius 3 is 2.31 bits per heavy atom. The van der Waals surface area contributed by atoms with Crippen LogP contribution in [0.15, 0.2) is 42.5 Å². The van der Waals surface area contributed by atoms with E-state index in [9.17, 15) is 14.0 Å². The van der Waals surface area contributed by atoms with Crippen LogP contribution in [0.2, 0.25) is 0 Å². The van der Waals surface area contributed by atoms with Crippen LogP contribution in [0.25, 0.3) is 0 Å². The highest BCUT2D eigenvalue weighted by Crippen LogP contribution is 2.24. The Hall–Kier alpha value is -3.09. The average Bonchev–Trinajstić information content (AvgIpc) is 3.01. The van der Waals surface area contributed by atoms with Gasteiger partial charge >= 0.3 is 0 Å². The lowest BCUT2D eigenvalue weighted by Crippen LogP contribution is -2.37. The highest BCUT2D eigenvalue weighted by molar-refractivity contribution is 5.99.